The number of benzene rings is 1. The summed E-state index contributed by atoms with van der Waals surface area (Å²) < 4.78 is 6.50. The number of aliphatic hydroxyl groups is 1. The number of pyridine rings is 1. The van der Waals surface area contributed by atoms with Crippen LogP contribution in [0.4, 0.5) is 5.69 Å². The Morgan fingerprint density at radius 1 is 1.23 bits per heavy atom. The van der Waals surface area contributed by atoms with E-state index in [1.54, 1.807) is 24.3 Å². The number of nitro benzene ring substituents is 1. The van der Waals surface area contributed by atoms with E-state index >= 15 is 0 Å². The van der Waals surface area contributed by atoms with Gasteiger partial charge in [-0.15, -0.1) is 0 Å². The van der Waals surface area contributed by atoms with E-state index in [0.717, 1.165) is 0 Å². The maximum Gasteiger partial charge on any atom is 0.269 e. The van der Waals surface area contributed by atoms with Crippen molar-refractivity contribution in [3.8, 4) is 11.3 Å². The molecular weight excluding hydrogens is 288 g/mol. The largest absolute Gasteiger partial charge is 0.391 e. The molecule has 0 saturated heterocycles. The predicted octanol–water partition coefficient (Wildman–Crippen LogP) is 1.56. The van der Waals surface area contributed by atoms with Gasteiger partial charge in [0.2, 0.25) is 0 Å². The minimum absolute atomic E-state index is 0.0125. The van der Waals surface area contributed by atoms with E-state index in [9.17, 15) is 20.0 Å². The molecule has 1 heterocycles. The van der Waals surface area contributed by atoms with Gasteiger partial charge >= 0.3 is 0 Å². The number of hydrogen-bond acceptors (Lipinski definition) is 5. The van der Waals surface area contributed by atoms with Crippen LogP contribution < -0.4 is 5.56 Å². The zero-order valence-corrected chi connectivity index (χ0v) is 12.1. The highest BCUT2D eigenvalue weighted by atomic mass is 16.6. The van der Waals surface area contributed by atoms with Crippen LogP contribution in [0.3, 0.4) is 0 Å². The number of nitrogens with zero attached hydrogens (tertiary/aromatic N) is 2. The average Bonchev–Trinajstić information content (AvgIpc) is 2.53. The molecule has 22 heavy (non-hydrogen) atoms. The zero-order chi connectivity index (χ0) is 16.1. The van der Waals surface area contributed by atoms with Gasteiger partial charge in [-0.05, 0) is 29.8 Å². The lowest BCUT2D eigenvalue weighted by atomic mass is 10.1. The van der Waals surface area contributed by atoms with E-state index in [1.807, 2.05) is 0 Å². The zero-order valence-electron chi connectivity index (χ0n) is 12.1. The van der Waals surface area contributed by atoms with Gasteiger partial charge in [0.25, 0.3) is 11.2 Å². The summed E-state index contributed by atoms with van der Waals surface area (Å²) in [4.78, 5) is 22.5. The molecule has 0 aliphatic rings. The van der Waals surface area contributed by atoms with E-state index < -0.39 is 4.92 Å². The van der Waals surface area contributed by atoms with Crippen molar-refractivity contribution in [2.75, 3.05) is 13.7 Å². The second-order valence-corrected chi connectivity index (χ2v) is 4.66. The number of rotatable bonds is 6. The standard InChI is InChI=1S/C15H16N2O5/c1-22-9-8-16-14(7-4-12(10-18)15(16)19)11-2-5-13(6-3-11)17(20)21/h2-7,18H,8-10H2,1H3. The Morgan fingerprint density at radius 3 is 2.45 bits per heavy atom. The first-order valence-corrected chi connectivity index (χ1v) is 6.66. The van der Waals surface area contributed by atoms with Crippen molar-refractivity contribution in [1.82, 2.24) is 4.57 Å². The van der Waals surface area contributed by atoms with Crippen LogP contribution in [0, 0.1) is 10.1 Å². The number of nitro groups is 1. The normalized spacial score (nSPS) is 10.6. The lowest BCUT2D eigenvalue weighted by Crippen LogP contribution is -2.26. The van der Waals surface area contributed by atoms with Crippen LogP contribution in [-0.4, -0.2) is 28.3 Å². The van der Waals surface area contributed by atoms with Crippen LogP contribution in [-0.2, 0) is 17.9 Å². The second-order valence-electron chi connectivity index (χ2n) is 4.66. The first-order chi connectivity index (χ1) is 10.6. The number of methoxy groups -OCH3 is 1. The maximum absolute atomic E-state index is 12.3. The maximum atomic E-state index is 12.3. The summed E-state index contributed by atoms with van der Waals surface area (Å²) in [5, 5.41) is 19.9. The summed E-state index contributed by atoms with van der Waals surface area (Å²) in [5.41, 5.74) is 1.29. The van der Waals surface area contributed by atoms with Crippen molar-refractivity contribution in [2.45, 2.75) is 13.2 Å². The monoisotopic (exact) mass is 304 g/mol. The molecule has 0 aliphatic carbocycles. The molecule has 0 fully saturated rings. The van der Waals surface area contributed by atoms with Crippen molar-refractivity contribution in [3.63, 3.8) is 0 Å². The molecule has 7 heteroatoms. The van der Waals surface area contributed by atoms with Crippen LogP contribution >= 0.6 is 0 Å². The number of aromatic nitrogens is 1. The van der Waals surface area contributed by atoms with Crippen molar-refractivity contribution < 1.29 is 14.8 Å². The molecule has 116 valence electrons. The van der Waals surface area contributed by atoms with Gasteiger partial charge in [-0.1, -0.05) is 0 Å². The lowest BCUT2D eigenvalue weighted by molar-refractivity contribution is -0.384. The molecule has 2 aromatic rings. The Hall–Kier alpha value is -2.51. The van der Waals surface area contributed by atoms with E-state index in [0.29, 0.717) is 30.0 Å². The van der Waals surface area contributed by atoms with Gasteiger partial charge in [-0.3, -0.25) is 14.9 Å². The van der Waals surface area contributed by atoms with Crippen molar-refractivity contribution in [1.29, 1.82) is 0 Å². The highest BCUT2D eigenvalue weighted by molar-refractivity contribution is 5.61. The Kier molecular flexibility index (Phi) is 5.03. The Bertz CT molecular complexity index is 722. The topological polar surface area (TPSA) is 94.6 Å². The number of ether oxygens (including phenoxy) is 1. The second kappa shape index (κ2) is 6.97. The molecular formula is C15H16N2O5. The Morgan fingerprint density at radius 2 is 1.91 bits per heavy atom. The van der Waals surface area contributed by atoms with E-state index in [-0.39, 0.29) is 17.9 Å². The van der Waals surface area contributed by atoms with Gasteiger partial charge < -0.3 is 14.4 Å². The molecule has 0 amide bonds. The fourth-order valence-corrected chi connectivity index (χ4v) is 2.15. The third-order valence-electron chi connectivity index (χ3n) is 3.32. The van der Waals surface area contributed by atoms with Gasteiger partial charge in [0.1, 0.15) is 0 Å². The van der Waals surface area contributed by atoms with Crippen LogP contribution in [0.25, 0.3) is 11.3 Å². The Labute approximate surface area is 126 Å². The van der Waals surface area contributed by atoms with E-state index in [1.165, 1.54) is 23.8 Å². The van der Waals surface area contributed by atoms with Gasteiger partial charge in [0.15, 0.2) is 0 Å². The van der Waals surface area contributed by atoms with Crippen LogP contribution in [0.5, 0.6) is 0 Å². The summed E-state index contributed by atoms with van der Waals surface area (Å²) in [6, 6.07) is 9.23. The van der Waals surface area contributed by atoms with Gasteiger partial charge in [-0.2, -0.15) is 0 Å². The van der Waals surface area contributed by atoms with E-state index in [2.05, 4.69) is 0 Å². The van der Waals surface area contributed by atoms with Crippen LogP contribution in [0.15, 0.2) is 41.2 Å². The highest BCUT2D eigenvalue weighted by Gasteiger charge is 2.11. The molecule has 0 aliphatic heterocycles. The third kappa shape index (κ3) is 3.21. The lowest BCUT2D eigenvalue weighted by Gasteiger charge is -2.14. The smallest absolute Gasteiger partial charge is 0.269 e. The molecule has 0 bridgehead atoms. The molecule has 1 aromatic heterocycles. The Balaban J connectivity index is 2.51. The summed E-state index contributed by atoms with van der Waals surface area (Å²) in [5.74, 6) is 0. The molecule has 0 radical (unpaired) electrons. The van der Waals surface area contributed by atoms with Crippen LogP contribution in [0.2, 0.25) is 0 Å². The van der Waals surface area contributed by atoms with Crippen LogP contribution in [0.1, 0.15) is 5.56 Å². The molecule has 1 aromatic carbocycles. The highest BCUT2D eigenvalue weighted by Crippen LogP contribution is 2.22. The first-order valence-electron chi connectivity index (χ1n) is 6.66. The molecule has 0 spiro atoms. The SMILES string of the molecule is COCCn1c(-c2ccc([N+](=O)[O-])cc2)ccc(CO)c1=O. The average molecular weight is 304 g/mol. The summed E-state index contributed by atoms with van der Waals surface area (Å²) in [6.07, 6.45) is 0. The van der Waals surface area contributed by atoms with Crippen molar-refractivity contribution in [3.05, 3.63) is 62.4 Å². The number of aliphatic hydroxyl groups excluding tert-OH is 1. The summed E-state index contributed by atoms with van der Waals surface area (Å²) >= 11 is 0. The third-order valence-corrected chi connectivity index (χ3v) is 3.32. The quantitative estimate of drug-likeness (QED) is 0.645. The molecule has 7 nitrogen and oxygen atoms in total. The predicted molar refractivity (Wildman–Crippen MR) is 80.6 cm³/mol. The summed E-state index contributed by atoms with van der Waals surface area (Å²) in [7, 11) is 1.53. The van der Waals surface area contributed by atoms with Gasteiger partial charge in [0, 0.05) is 31.4 Å². The molecule has 0 atom stereocenters. The fourth-order valence-electron chi connectivity index (χ4n) is 2.15. The summed E-state index contributed by atoms with van der Waals surface area (Å²) in [6.45, 7) is 0.330. The van der Waals surface area contributed by atoms with Crippen molar-refractivity contribution in [2.24, 2.45) is 0 Å². The first kappa shape index (κ1) is 15.9. The number of hydrogen-bond donors (Lipinski definition) is 1. The van der Waals surface area contributed by atoms with Gasteiger partial charge in [-0.25, -0.2) is 0 Å². The van der Waals surface area contributed by atoms with Gasteiger partial charge in [0.05, 0.1) is 23.8 Å². The fraction of sp³-hybridized carbons (Fsp3) is 0.267. The molecule has 0 unspecified atom stereocenters. The molecule has 1 N–H and O–H groups in total. The number of non-ortho nitro benzene ring substituents is 1. The van der Waals surface area contributed by atoms with Crippen molar-refractivity contribution >= 4 is 5.69 Å². The van der Waals surface area contributed by atoms with E-state index in [4.69, 9.17) is 4.74 Å². The molecule has 0 saturated carbocycles. The minimum atomic E-state index is -0.476. The minimum Gasteiger partial charge on any atom is -0.391 e. The molecule has 2 rings (SSSR count).